The van der Waals surface area contributed by atoms with Gasteiger partial charge in [-0.2, -0.15) is 0 Å². The number of hydrogen-bond acceptors (Lipinski definition) is 4. The SMILES string of the molecule is CCNc1cc(N2Cc3ccccc3C(C)(C)C2)nc(C(C)C)n1. The van der Waals surface area contributed by atoms with Crippen LogP contribution in [0.5, 0.6) is 0 Å². The summed E-state index contributed by atoms with van der Waals surface area (Å²) in [5.74, 6) is 3.16. The lowest BCUT2D eigenvalue weighted by Gasteiger charge is -2.40. The van der Waals surface area contributed by atoms with Gasteiger partial charge in [-0.3, -0.25) is 0 Å². The molecule has 24 heavy (non-hydrogen) atoms. The van der Waals surface area contributed by atoms with E-state index in [-0.39, 0.29) is 5.41 Å². The van der Waals surface area contributed by atoms with Crippen LogP contribution in [0.2, 0.25) is 0 Å². The van der Waals surface area contributed by atoms with E-state index in [1.54, 1.807) is 0 Å². The molecule has 0 saturated heterocycles. The summed E-state index contributed by atoms with van der Waals surface area (Å²) in [5.41, 5.74) is 2.95. The molecule has 0 fully saturated rings. The summed E-state index contributed by atoms with van der Waals surface area (Å²) in [7, 11) is 0. The Morgan fingerprint density at radius 2 is 1.96 bits per heavy atom. The number of hydrogen-bond donors (Lipinski definition) is 1. The van der Waals surface area contributed by atoms with Gasteiger partial charge in [-0.1, -0.05) is 52.0 Å². The summed E-state index contributed by atoms with van der Waals surface area (Å²) in [6.07, 6.45) is 0. The highest BCUT2D eigenvalue weighted by Gasteiger charge is 2.32. The van der Waals surface area contributed by atoms with Gasteiger partial charge in [-0.15, -0.1) is 0 Å². The molecule has 0 unspecified atom stereocenters. The molecular formula is C20H28N4. The van der Waals surface area contributed by atoms with E-state index in [1.807, 2.05) is 0 Å². The molecule has 0 aliphatic carbocycles. The van der Waals surface area contributed by atoms with Crippen LogP contribution in [0, 0.1) is 0 Å². The van der Waals surface area contributed by atoms with Crippen LogP contribution in [0.25, 0.3) is 0 Å². The number of benzene rings is 1. The van der Waals surface area contributed by atoms with E-state index < -0.39 is 0 Å². The molecule has 0 bridgehead atoms. The maximum absolute atomic E-state index is 4.85. The van der Waals surface area contributed by atoms with Gasteiger partial charge in [-0.05, 0) is 18.1 Å². The third kappa shape index (κ3) is 3.23. The number of fused-ring (bicyclic) bond motifs is 1. The van der Waals surface area contributed by atoms with Crippen molar-refractivity contribution in [2.45, 2.75) is 52.5 Å². The van der Waals surface area contributed by atoms with Crippen molar-refractivity contribution in [3.05, 3.63) is 47.3 Å². The molecule has 1 aliphatic rings. The maximum Gasteiger partial charge on any atom is 0.135 e. The van der Waals surface area contributed by atoms with Gasteiger partial charge in [0.25, 0.3) is 0 Å². The second-order valence-corrected chi connectivity index (χ2v) is 7.55. The highest BCUT2D eigenvalue weighted by atomic mass is 15.2. The van der Waals surface area contributed by atoms with Crippen LogP contribution in [0.4, 0.5) is 11.6 Å². The zero-order valence-electron chi connectivity index (χ0n) is 15.4. The van der Waals surface area contributed by atoms with E-state index in [4.69, 9.17) is 4.98 Å². The van der Waals surface area contributed by atoms with Crippen LogP contribution in [0.3, 0.4) is 0 Å². The van der Waals surface area contributed by atoms with Gasteiger partial charge >= 0.3 is 0 Å². The van der Waals surface area contributed by atoms with Crippen molar-refractivity contribution in [1.29, 1.82) is 0 Å². The van der Waals surface area contributed by atoms with E-state index in [0.29, 0.717) is 5.92 Å². The fourth-order valence-corrected chi connectivity index (χ4v) is 3.45. The topological polar surface area (TPSA) is 41.0 Å². The minimum atomic E-state index is 0.107. The van der Waals surface area contributed by atoms with Crippen molar-refractivity contribution in [3.8, 4) is 0 Å². The fourth-order valence-electron chi connectivity index (χ4n) is 3.45. The van der Waals surface area contributed by atoms with Crippen molar-refractivity contribution < 1.29 is 0 Å². The monoisotopic (exact) mass is 324 g/mol. The Kier molecular flexibility index (Phi) is 4.48. The highest BCUT2D eigenvalue weighted by Crippen LogP contribution is 2.35. The van der Waals surface area contributed by atoms with Gasteiger partial charge in [0.05, 0.1) is 0 Å². The summed E-state index contributed by atoms with van der Waals surface area (Å²) in [5, 5.41) is 3.34. The Bertz CT molecular complexity index is 721. The first-order valence-electron chi connectivity index (χ1n) is 8.87. The Balaban J connectivity index is 2.00. The predicted octanol–water partition coefficient (Wildman–Crippen LogP) is 4.33. The van der Waals surface area contributed by atoms with Crippen molar-refractivity contribution in [3.63, 3.8) is 0 Å². The number of nitrogens with one attached hydrogen (secondary N) is 1. The van der Waals surface area contributed by atoms with Crippen LogP contribution in [-0.4, -0.2) is 23.1 Å². The number of anilines is 2. The van der Waals surface area contributed by atoms with E-state index in [0.717, 1.165) is 37.1 Å². The van der Waals surface area contributed by atoms with Crippen molar-refractivity contribution in [1.82, 2.24) is 9.97 Å². The molecule has 4 heteroatoms. The zero-order chi connectivity index (χ0) is 17.3. The van der Waals surface area contributed by atoms with Crippen LogP contribution in [-0.2, 0) is 12.0 Å². The van der Waals surface area contributed by atoms with Gasteiger partial charge in [0.2, 0.25) is 0 Å². The van der Waals surface area contributed by atoms with Crippen molar-refractivity contribution in [2.24, 2.45) is 0 Å². The standard InChI is InChI=1S/C20H28N4/c1-6-21-17-11-18(23-19(22-17)14(2)3)24-12-15-9-7-8-10-16(15)20(4,5)13-24/h7-11,14H,6,12-13H2,1-5H3,(H,21,22,23). The first-order valence-corrected chi connectivity index (χ1v) is 8.87. The largest absolute Gasteiger partial charge is 0.370 e. The zero-order valence-corrected chi connectivity index (χ0v) is 15.4. The molecule has 1 aromatic carbocycles. The highest BCUT2D eigenvalue weighted by molar-refractivity contribution is 5.53. The van der Waals surface area contributed by atoms with Crippen LogP contribution in [0.15, 0.2) is 30.3 Å². The first-order chi connectivity index (χ1) is 11.4. The number of rotatable bonds is 4. The molecule has 2 aromatic rings. The molecule has 1 aliphatic heterocycles. The molecule has 2 heterocycles. The first kappa shape index (κ1) is 16.7. The summed E-state index contributed by atoms with van der Waals surface area (Å²) >= 11 is 0. The van der Waals surface area contributed by atoms with Gasteiger partial charge in [-0.25, -0.2) is 9.97 Å². The Labute approximate surface area is 145 Å². The van der Waals surface area contributed by atoms with E-state index in [1.165, 1.54) is 11.1 Å². The van der Waals surface area contributed by atoms with Gasteiger partial charge in [0.1, 0.15) is 17.5 Å². The molecule has 0 amide bonds. The third-order valence-electron chi connectivity index (χ3n) is 4.62. The molecule has 0 saturated carbocycles. The molecule has 1 N–H and O–H groups in total. The van der Waals surface area contributed by atoms with E-state index in [9.17, 15) is 0 Å². The minimum Gasteiger partial charge on any atom is -0.370 e. The molecular weight excluding hydrogens is 296 g/mol. The van der Waals surface area contributed by atoms with E-state index in [2.05, 4.69) is 80.2 Å². The fraction of sp³-hybridized carbons (Fsp3) is 0.500. The molecule has 1 aromatic heterocycles. The number of nitrogens with zero attached hydrogens (tertiary/aromatic N) is 3. The lowest BCUT2D eigenvalue weighted by molar-refractivity contribution is 0.474. The van der Waals surface area contributed by atoms with Crippen molar-refractivity contribution >= 4 is 11.6 Å². The molecule has 4 nitrogen and oxygen atoms in total. The van der Waals surface area contributed by atoms with Gasteiger partial charge < -0.3 is 10.2 Å². The lowest BCUT2D eigenvalue weighted by atomic mass is 9.78. The second-order valence-electron chi connectivity index (χ2n) is 7.55. The molecule has 0 atom stereocenters. The van der Waals surface area contributed by atoms with Crippen LogP contribution in [0.1, 0.15) is 57.5 Å². The molecule has 0 spiro atoms. The summed E-state index contributed by atoms with van der Waals surface area (Å²) < 4.78 is 0. The van der Waals surface area contributed by atoms with Gasteiger partial charge in [0, 0.05) is 37.0 Å². The average molecular weight is 324 g/mol. The summed E-state index contributed by atoms with van der Waals surface area (Å²) in [6.45, 7) is 13.7. The molecule has 3 rings (SSSR count). The van der Waals surface area contributed by atoms with Crippen molar-refractivity contribution in [2.75, 3.05) is 23.3 Å². The van der Waals surface area contributed by atoms with Crippen LogP contribution < -0.4 is 10.2 Å². The number of aromatic nitrogens is 2. The Hall–Kier alpha value is -2.10. The Morgan fingerprint density at radius 3 is 2.67 bits per heavy atom. The summed E-state index contributed by atoms with van der Waals surface area (Å²) in [4.78, 5) is 11.9. The Morgan fingerprint density at radius 1 is 1.21 bits per heavy atom. The third-order valence-corrected chi connectivity index (χ3v) is 4.62. The smallest absolute Gasteiger partial charge is 0.135 e. The average Bonchev–Trinajstić information content (AvgIpc) is 2.54. The minimum absolute atomic E-state index is 0.107. The van der Waals surface area contributed by atoms with Gasteiger partial charge in [0.15, 0.2) is 0 Å². The molecule has 128 valence electrons. The molecule has 0 radical (unpaired) electrons. The lowest BCUT2D eigenvalue weighted by Crippen LogP contribution is -2.42. The van der Waals surface area contributed by atoms with E-state index >= 15 is 0 Å². The predicted molar refractivity (Wildman–Crippen MR) is 101 cm³/mol. The van der Waals surface area contributed by atoms with Crippen LogP contribution >= 0.6 is 0 Å². The normalized spacial score (nSPS) is 16.2. The second kappa shape index (κ2) is 6.42. The summed E-state index contributed by atoms with van der Waals surface area (Å²) in [6, 6.07) is 10.8. The quantitative estimate of drug-likeness (QED) is 0.909. The maximum atomic E-state index is 4.85.